The molecule has 0 aliphatic heterocycles. The van der Waals surface area contributed by atoms with Crippen LogP contribution in [0.2, 0.25) is 0 Å². The number of nitrogens with two attached hydrogens (primary N) is 1. The Morgan fingerprint density at radius 2 is 1.67 bits per heavy atom. The van der Waals surface area contributed by atoms with E-state index in [2.05, 4.69) is 62.3 Å². The molecule has 1 heterocycles. The van der Waals surface area contributed by atoms with Crippen molar-refractivity contribution in [2.75, 3.05) is 10.7 Å². The van der Waals surface area contributed by atoms with Crippen LogP contribution in [0, 0.1) is 5.41 Å². The molecular weight excluding hydrogens is 226 g/mol. The number of nitrogen functional groups attached to an aromatic ring is 1. The van der Waals surface area contributed by atoms with E-state index in [1.807, 2.05) is 6.07 Å². The highest BCUT2D eigenvalue weighted by atomic mass is 15.3. The van der Waals surface area contributed by atoms with E-state index in [1.54, 1.807) is 0 Å². The molecule has 0 aliphatic carbocycles. The predicted octanol–water partition coefficient (Wildman–Crippen LogP) is 2.73. The summed E-state index contributed by atoms with van der Waals surface area (Å²) < 4.78 is 0. The van der Waals surface area contributed by atoms with Crippen molar-refractivity contribution in [3.8, 4) is 0 Å². The second-order valence-electron chi connectivity index (χ2n) is 6.03. The van der Waals surface area contributed by atoms with E-state index in [4.69, 9.17) is 5.84 Å². The summed E-state index contributed by atoms with van der Waals surface area (Å²) in [6.45, 7) is 12.8. The van der Waals surface area contributed by atoms with Crippen LogP contribution < -0.4 is 16.6 Å². The molecule has 0 saturated carbocycles. The molecule has 0 spiro atoms. The lowest BCUT2D eigenvalue weighted by atomic mass is 9.88. The third-order valence-corrected chi connectivity index (χ3v) is 3.07. The summed E-state index contributed by atoms with van der Waals surface area (Å²) in [5, 5.41) is 3.41. The largest absolute Gasteiger partial charge is 0.367 e. The van der Waals surface area contributed by atoms with Gasteiger partial charge in [-0.1, -0.05) is 34.6 Å². The minimum atomic E-state index is 0.166. The van der Waals surface area contributed by atoms with Crippen molar-refractivity contribution in [1.29, 1.82) is 0 Å². The van der Waals surface area contributed by atoms with E-state index in [9.17, 15) is 0 Å². The van der Waals surface area contributed by atoms with Crippen molar-refractivity contribution < 1.29 is 0 Å². The van der Waals surface area contributed by atoms with Crippen LogP contribution in [0.5, 0.6) is 0 Å². The molecule has 0 saturated heterocycles. The molecule has 0 radical (unpaired) electrons. The summed E-state index contributed by atoms with van der Waals surface area (Å²) >= 11 is 0. The third kappa shape index (κ3) is 3.84. The van der Waals surface area contributed by atoms with E-state index in [1.165, 1.54) is 0 Å². The molecule has 0 bridgehead atoms. The zero-order valence-electron chi connectivity index (χ0n) is 12.2. The van der Waals surface area contributed by atoms with Crippen molar-refractivity contribution in [1.82, 2.24) is 9.97 Å². The maximum absolute atomic E-state index is 5.44. The molecule has 0 aliphatic rings. The van der Waals surface area contributed by atoms with Crippen molar-refractivity contribution in [3.63, 3.8) is 0 Å². The van der Waals surface area contributed by atoms with Gasteiger partial charge in [-0.3, -0.25) is 0 Å². The van der Waals surface area contributed by atoms with Crippen LogP contribution in [0.1, 0.15) is 53.3 Å². The number of hydrazine groups is 1. The van der Waals surface area contributed by atoms with Gasteiger partial charge >= 0.3 is 0 Å². The van der Waals surface area contributed by atoms with E-state index >= 15 is 0 Å². The van der Waals surface area contributed by atoms with Gasteiger partial charge < -0.3 is 10.7 Å². The standard InChI is InChI=1S/C13H25N5/c1-8(2)12-16-10(7-11(17-12)18-14)15-9(3)13(4,5)6/h7-9H,14H2,1-6H3,(H2,15,16,17,18). The van der Waals surface area contributed by atoms with Crippen molar-refractivity contribution in [3.05, 3.63) is 11.9 Å². The maximum Gasteiger partial charge on any atom is 0.145 e. The Morgan fingerprint density at radius 3 is 2.11 bits per heavy atom. The van der Waals surface area contributed by atoms with Gasteiger partial charge in [0.2, 0.25) is 0 Å². The number of aromatic nitrogens is 2. The molecule has 0 aromatic carbocycles. The zero-order chi connectivity index (χ0) is 13.9. The number of hydrogen-bond acceptors (Lipinski definition) is 5. The average Bonchev–Trinajstić information content (AvgIpc) is 2.27. The van der Waals surface area contributed by atoms with E-state index in [-0.39, 0.29) is 11.3 Å². The molecule has 1 atom stereocenters. The summed E-state index contributed by atoms with van der Waals surface area (Å²) in [7, 11) is 0. The van der Waals surface area contributed by atoms with Gasteiger partial charge in [-0.15, -0.1) is 0 Å². The first-order valence-electron chi connectivity index (χ1n) is 6.36. The lowest BCUT2D eigenvalue weighted by Crippen LogP contribution is -2.31. The van der Waals surface area contributed by atoms with Gasteiger partial charge in [0.25, 0.3) is 0 Å². The van der Waals surface area contributed by atoms with Gasteiger partial charge in [-0.05, 0) is 12.3 Å². The Bertz CT molecular complexity index is 395. The summed E-state index contributed by atoms with van der Waals surface area (Å²) in [4.78, 5) is 8.85. The average molecular weight is 251 g/mol. The van der Waals surface area contributed by atoms with Crippen LogP contribution in [-0.4, -0.2) is 16.0 Å². The van der Waals surface area contributed by atoms with Gasteiger partial charge in [0.1, 0.15) is 17.5 Å². The first-order valence-corrected chi connectivity index (χ1v) is 6.36. The molecule has 1 unspecified atom stereocenters. The Kier molecular flexibility index (Phi) is 4.51. The lowest BCUT2D eigenvalue weighted by molar-refractivity contribution is 0.358. The van der Waals surface area contributed by atoms with E-state index in [0.29, 0.717) is 11.9 Å². The van der Waals surface area contributed by atoms with Gasteiger partial charge in [-0.2, -0.15) is 0 Å². The van der Waals surface area contributed by atoms with Crippen molar-refractivity contribution in [2.24, 2.45) is 11.3 Å². The van der Waals surface area contributed by atoms with Crippen LogP contribution >= 0.6 is 0 Å². The fraction of sp³-hybridized carbons (Fsp3) is 0.692. The Balaban J connectivity index is 2.98. The molecule has 18 heavy (non-hydrogen) atoms. The van der Waals surface area contributed by atoms with Gasteiger partial charge in [-0.25, -0.2) is 15.8 Å². The minimum absolute atomic E-state index is 0.166. The van der Waals surface area contributed by atoms with Gasteiger partial charge in [0.15, 0.2) is 0 Å². The fourth-order valence-corrected chi connectivity index (χ4v) is 1.31. The molecule has 1 aromatic rings. The number of hydrogen-bond donors (Lipinski definition) is 3. The smallest absolute Gasteiger partial charge is 0.145 e. The molecule has 4 N–H and O–H groups in total. The lowest BCUT2D eigenvalue weighted by Gasteiger charge is -2.28. The molecule has 5 heteroatoms. The van der Waals surface area contributed by atoms with Gasteiger partial charge in [0, 0.05) is 18.0 Å². The Hall–Kier alpha value is -1.36. The second kappa shape index (κ2) is 5.52. The first kappa shape index (κ1) is 14.7. The summed E-state index contributed by atoms with van der Waals surface area (Å²) in [5.41, 5.74) is 2.75. The van der Waals surface area contributed by atoms with Crippen LogP contribution in [0.4, 0.5) is 11.6 Å². The molecule has 0 amide bonds. The molecule has 102 valence electrons. The number of rotatable bonds is 4. The summed E-state index contributed by atoms with van der Waals surface area (Å²) in [6.07, 6.45) is 0. The first-order chi connectivity index (χ1) is 8.24. The third-order valence-electron chi connectivity index (χ3n) is 3.07. The summed E-state index contributed by atoms with van der Waals surface area (Å²) in [5.74, 6) is 7.94. The van der Waals surface area contributed by atoms with Crippen LogP contribution in [0.25, 0.3) is 0 Å². The minimum Gasteiger partial charge on any atom is -0.367 e. The number of anilines is 2. The number of nitrogens with zero attached hydrogens (tertiary/aromatic N) is 2. The highest BCUT2D eigenvalue weighted by Crippen LogP contribution is 2.23. The van der Waals surface area contributed by atoms with Crippen LogP contribution in [0.15, 0.2) is 6.07 Å². The molecule has 1 rings (SSSR count). The van der Waals surface area contributed by atoms with Crippen molar-refractivity contribution in [2.45, 2.75) is 53.5 Å². The van der Waals surface area contributed by atoms with E-state index < -0.39 is 0 Å². The van der Waals surface area contributed by atoms with E-state index in [0.717, 1.165) is 11.6 Å². The Morgan fingerprint density at radius 1 is 1.11 bits per heavy atom. The molecule has 1 aromatic heterocycles. The Labute approximate surface area is 110 Å². The van der Waals surface area contributed by atoms with Crippen LogP contribution in [-0.2, 0) is 0 Å². The normalized spacial score (nSPS) is 13.6. The SMILES string of the molecule is CC(C)c1nc(NN)cc(NC(C)C(C)(C)C)n1. The molecule has 5 nitrogen and oxygen atoms in total. The van der Waals surface area contributed by atoms with Crippen LogP contribution in [0.3, 0.4) is 0 Å². The number of nitrogens with one attached hydrogen (secondary N) is 2. The predicted molar refractivity (Wildman–Crippen MR) is 76.5 cm³/mol. The quantitative estimate of drug-likeness (QED) is 0.566. The second-order valence-corrected chi connectivity index (χ2v) is 6.03. The van der Waals surface area contributed by atoms with Crippen molar-refractivity contribution >= 4 is 11.6 Å². The van der Waals surface area contributed by atoms with Gasteiger partial charge in [0.05, 0.1) is 0 Å². The highest BCUT2D eigenvalue weighted by molar-refractivity contribution is 5.47. The molecular formula is C13H25N5. The monoisotopic (exact) mass is 251 g/mol. The maximum atomic E-state index is 5.44. The topological polar surface area (TPSA) is 75.9 Å². The molecule has 0 fully saturated rings. The zero-order valence-corrected chi connectivity index (χ0v) is 12.2. The summed E-state index contributed by atoms with van der Waals surface area (Å²) in [6, 6.07) is 2.13. The highest BCUT2D eigenvalue weighted by Gasteiger charge is 2.20. The fourth-order valence-electron chi connectivity index (χ4n) is 1.31.